The molecule has 2 aliphatic rings. The van der Waals surface area contributed by atoms with Gasteiger partial charge in [0.25, 0.3) is 0 Å². The van der Waals surface area contributed by atoms with Crippen molar-refractivity contribution in [3.63, 3.8) is 0 Å². The Labute approximate surface area is 118 Å². The normalized spacial score (nSPS) is 31.8. The predicted molar refractivity (Wildman–Crippen MR) is 79.0 cm³/mol. The second-order valence-corrected chi connectivity index (χ2v) is 7.15. The Kier molecular flexibility index (Phi) is 4.88. The van der Waals surface area contributed by atoms with Crippen molar-refractivity contribution in [2.45, 2.75) is 65.3 Å². The van der Waals surface area contributed by atoms with Gasteiger partial charge in [-0.25, -0.2) is 0 Å². The first-order valence-corrected chi connectivity index (χ1v) is 8.04. The molecule has 2 fully saturated rings. The van der Waals surface area contributed by atoms with Gasteiger partial charge in [0.05, 0.1) is 6.04 Å². The number of rotatable bonds is 2. The smallest absolute Gasteiger partial charge is 0.239 e. The molecule has 110 valence electrons. The molecule has 1 N–H and O–H groups in total. The fourth-order valence-electron chi connectivity index (χ4n) is 3.42. The lowest BCUT2D eigenvalue weighted by molar-refractivity contribution is -0.134. The molecule has 0 aromatic carbocycles. The highest BCUT2D eigenvalue weighted by Gasteiger charge is 2.31. The zero-order valence-corrected chi connectivity index (χ0v) is 12.9. The molecule has 3 nitrogen and oxygen atoms in total. The van der Waals surface area contributed by atoms with E-state index in [2.05, 4.69) is 31.0 Å². The van der Waals surface area contributed by atoms with Crippen molar-refractivity contribution < 1.29 is 4.79 Å². The third-order valence-corrected chi connectivity index (χ3v) is 5.04. The van der Waals surface area contributed by atoms with E-state index in [0.29, 0.717) is 11.3 Å². The number of nitrogens with one attached hydrogen (secondary N) is 1. The lowest BCUT2D eigenvalue weighted by Crippen LogP contribution is -2.50. The molecule has 0 bridgehead atoms. The second-order valence-electron chi connectivity index (χ2n) is 7.15. The van der Waals surface area contributed by atoms with Gasteiger partial charge in [0.15, 0.2) is 0 Å². The van der Waals surface area contributed by atoms with Gasteiger partial charge in [-0.2, -0.15) is 0 Å². The molecule has 0 aliphatic carbocycles. The number of nitrogens with zero attached hydrogens (tertiary/aromatic N) is 1. The Morgan fingerprint density at radius 1 is 1.32 bits per heavy atom. The summed E-state index contributed by atoms with van der Waals surface area (Å²) in [6.45, 7) is 9.80. The monoisotopic (exact) mass is 266 g/mol. The summed E-state index contributed by atoms with van der Waals surface area (Å²) in [7, 11) is 0. The molecule has 2 saturated heterocycles. The number of piperidine rings is 1. The molecule has 1 amide bonds. The maximum Gasteiger partial charge on any atom is 0.239 e. The molecule has 0 spiro atoms. The highest BCUT2D eigenvalue weighted by Crippen LogP contribution is 2.30. The quantitative estimate of drug-likeness (QED) is 0.833. The summed E-state index contributed by atoms with van der Waals surface area (Å²) >= 11 is 0. The van der Waals surface area contributed by atoms with E-state index in [1.165, 1.54) is 19.3 Å². The number of carbonyl (C=O) groups excluding carboxylic acids is 1. The first-order chi connectivity index (χ1) is 9.02. The van der Waals surface area contributed by atoms with Crippen molar-refractivity contribution in [1.29, 1.82) is 0 Å². The summed E-state index contributed by atoms with van der Waals surface area (Å²) in [4.78, 5) is 14.8. The Balaban J connectivity index is 1.91. The Morgan fingerprint density at radius 3 is 2.84 bits per heavy atom. The lowest BCUT2D eigenvalue weighted by atomic mass is 9.85. The number of amides is 1. The third kappa shape index (κ3) is 3.95. The number of hydrogen-bond donors (Lipinski definition) is 1. The van der Waals surface area contributed by atoms with Gasteiger partial charge in [-0.15, -0.1) is 0 Å². The van der Waals surface area contributed by atoms with Crippen LogP contribution in [0.4, 0.5) is 0 Å². The van der Waals surface area contributed by atoms with E-state index in [-0.39, 0.29) is 6.04 Å². The van der Waals surface area contributed by atoms with Crippen molar-refractivity contribution in [3.05, 3.63) is 0 Å². The number of likely N-dealkylation sites (tertiary alicyclic amines) is 1. The highest BCUT2D eigenvalue weighted by atomic mass is 16.2. The largest absolute Gasteiger partial charge is 0.341 e. The van der Waals surface area contributed by atoms with Crippen molar-refractivity contribution >= 4 is 5.91 Å². The first kappa shape index (κ1) is 14.8. The summed E-state index contributed by atoms with van der Waals surface area (Å²) in [6, 6.07) is 0.0833. The van der Waals surface area contributed by atoms with Crippen LogP contribution >= 0.6 is 0 Å². The van der Waals surface area contributed by atoms with E-state index in [1.54, 1.807) is 0 Å². The molecule has 0 radical (unpaired) electrons. The van der Waals surface area contributed by atoms with Gasteiger partial charge in [0.1, 0.15) is 0 Å². The van der Waals surface area contributed by atoms with Gasteiger partial charge < -0.3 is 10.2 Å². The maximum absolute atomic E-state index is 12.6. The minimum absolute atomic E-state index is 0.0833. The van der Waals surface area contributed by atoms with E-state index in [9.17, 15) is 4.79 Å². The van der Waals surface area contributed by atoms with Crippen LogP contribution in [0.3, 0.4) is 0 Å². The molecule has 3 heteroatoms. The molecule has 0 aromatic rings. The van der Waals surface area contributed by atoms with Crippen LogP contribution in [0.25, 0.3) is 0 Å². The summed E-state index contributed by atoms with van der Waals surface area (Å²) < 4.78 is 0. The van der Waals surface area contributed by atoms with Gasteiger partial charge in [0, 0.05) is 13.1 Å². The minimum Gasteiger partial charge on any atom is -0.341 e. The Hall–Kier alpha value is -0.570. The van der Waals surface area contributed by atoms with Gasteiger partial charge in [-0.05, 0) is 50.0 Å². The Morgan fingerprint density at radius 2 is 2.11 bits per heavy atom. The van der Waals surface area contributed by atoms with E-state index in [4.69, 9.17) is 0 Å². The molecule has 2 heterocycles. The van der Waals surface area contributed by atoms with Crippen molar-refractivity contribution in [2.75, 3.05) is 19.6 Å². The number of hydrogen-bond acceptors (Lipinski definition) is 2. The topological polar surface area (TPSA) is 32.3 Å². The second kappa shape index (κ2) is 6.25. The SMILES string of the molecule is CCC1CCNC(C(=O)N2CCCC(C)(C)CC2)C1. The van der Waals surface area contributed by atoms with Crippen LogP contribution in [0, 0.1) is 11.3 Å². The van der Waals surface area contributed by atoms with Crippen LogP contribution in [-0.4, -0.2) is 36.5 Å². The zero-order chi connectivity index (χ0) is 13.9. The summed E-state index contributed by atoms with van der Waals surface area (Å²) in [5, 5.41) is 3.43. The third-order valence-electron chi connectivity index (χ3n) is 5.04. The average molecular weight is 266 g/mol. The fraction of sp³-hybridized carbons (Fsp3) is 0.938. The van der Waals surface area contributed by atoms with Crippen LogP contribution in [0.5, 0.6) is 0 Å². The fourth-order valence-corrected chi connectivity index (χ4v) is 3.42. The molecular formula is C16H30N2O. The van der Waals surface area contributed by atoms with Gasteiger partial charge in [0.2, 0.25) is 5.91 Å². The van der Waals surface area contributed by atoms with Crippen LogP contribution in [-0.2, 0) is 4.79 Å². The van der Waals surface area contributed by atoms with Gasteiger partial charge in [-0.1, -0.05) is 27.2 Å². The molecule has 0 saturated carbocycles. The molecule has 2 unspecified atom stereocenters. The van der Waals surface area contributed by atoms with Crippen LogP contribution in [0.15, 0.2) is 0 Å². The first-order valence-electron chi connectivity index (χ1n) is 8.04. The van der Waals surface area contributed by atoms with Crippen LogP contribution < -0.4 is 5.32 Å². The average Bonchev–Trinajstić information content (AvgIpc) is 2.59. The van der Waals surface area contributed by atoms with E-state index in [0.717, 1.165) is 44.8 Å². The van der Waals surface area contributed by atoms with Gasteiger partial charge >= 0.3 is 0 Å². The van der Waals surface area contributed by atoms with Crippen molar-refractivity contribution in [1.82, 2.24) is 10.2 Å². The minimum atomic E-state index is 0.0833. The summed E-state index contributed by atoms with van der Waals surface area (Å²) in [5.41, 5.74) is 0.404. The zero-order valence-electron chi connectivity index (χ0n) is 12.9. The van der Waals surface area contributed by atoms with Crippen molar-refractivity contribution in [3.8, 4) is 0 Å². The van der Waals surface area contributed by atoms with E-state index < -0.39 is 0 Å². The summed E-state index contributed by atoms with van der Waals surface area (Å²) in [5.74, 6) is 1.09. The standard InChI is InChI=1S/C16H30N2O/c1-4-13-6-9-17-14(12-13)15(19)18-10-5-7-16(2,3)8-11-18/h13-14,17H,4-12H2,1-3H3. The predicted octanol–water partition coefficient (Wildman–Crippen LogP) is 2.80. The molecule has 19 heavy (non-hydrogen) atoms. The maximum atomic E-state index is 12.6. The lowest BCUT2D eigenvalue weighted by Gasteiger charge is -2.33. The van der Waals surface area contributed by atoms with E-state index in [1.807, 2.05) is 0 Å². The summed E-state index contributed by atoms with van der Waals surface area (Å²) in [6.07, 6.45) is 7.01. The Bertz CT molecular complexity index is 314. The van der Waals surface area contributed by atoms with E-state index >= 15 is 0 Å². The molecular weight excluding hydrogens is 236 g/mol. The molecule has 2 rings (SSSR count). The van der Waals surface area contributed by atoms with Crippen LogP contribution in [0.2, 0.25) is 0 Å². The molecule has 2 aliphatic heterocycles. The highest BCUT2D eigenvalue weighted by molar-refractivity contribution is 5.82. The van der Waals surface area contributed by atoms with Crippen LogP contribution in [0.1, 0.15) is 59.3 Å². The number of carbonyl (C=O) groups is 1. The van der Waals surface area contributed by atoms with Gasteiger partial charge in [-0.3, -0.25) is 4.79 Å². The molecule has 0 aromatic heterocycles. The molecule has 2 atom stereocenters. The van der Waals surface area contributed by atoms with Crippen molar-refractivity contribution in [2.24, 2.45) is 11.3 Å².